The number of pyridine rings is 1. The topological polar surface area (TPSA) is 36.7 Å². The van der Waals surface area contributed by atoms with Gasteiger partial charge in [-0.1, -0.05) is 30.3 Å². The van der Waals surface area contributed by atoms with Gasteiger partial charge in [0.15, 0.2) is 0 Å². The predicted octanol–water partition coefficient (Wildman–Crippen LogP) is 4.99. The summed E-state index contributed by atoms with van der Waals surface area (Å²) in [5.41, 5.74) is 1.40. The van der Waals surface area contributed by atoms with Crippen LogP contribution in [0.15, 0.2) is 54.7 Å². The molecule has 0 aliphatic rings. The van der Waals surface area contributed by atoms with Crippen LogP contribution in [0, 0.1) is 11.3 Å². The van der Waals surface area contributed by atoms with Crippen molar-refractivity contribution in [2.24, 2.45) is 0 Å². The molecular formula is C18H11F3N2. The van der Waals surface area contributed by atoms with Crippen molar-refractivity contribution in [2.45, 2.75) is 12.6 Å². The molecule has 0 bridgehead atoms. The fourth-order valence-electron chi connectivity index (χ4n) is 2.56. The minimum absolute atomic E-state index is 0.272. The van der Waals surface area contributed by atoms with Crippen molar-refractivity contribution in [3.05, 3.63) is 65.9 Å². The fourth-order valence-corrected chi connectivity index (χ4v) is 2.56. The number of hydrogen-bond acceptors (Lipinski definition) is 2. The van der Waals surface area contributed by atoms with Gasteiger partial charge < -0.3 is 0 Å². The average molecular weight is 312 g/mol. The zero-order chi connectivity index (χ0) is 16.4. The summed E-state index contributed by atoms with van der Waals surface area (Å²) in [6.45, 7) is 0. The summed E-state index contributed by atoms with van der Waals surface area (Å²) < 4.78 is 38.0. The third-order valence-corrected chi connectivity index (χ3v) is 3.65. The van der Waals surface area contributed by atoms with E-state index in [1.54, 1.807) is 6.20 Å². The van der Waals surface area contributed by atoms with Gasteiger partial charge in [0.05, 0.1) is 23.7 Å². The van der Waals surface area contributed by atoms with Crippen molar-refractivity contribution in [3.63, 3.8) is 0 Å². The van der Waals surface area contributed by atoms with Crippen molar-refractivity contribution in [2.75, 3.05) is 0 Å². The number of rotatable bonds is 2. The van der Waals surface area contributed by atoms with Gasteiger partial charge in [0, 0.05) is 17.1 Å². The van der Waals surface area contributed by atoms with Crippen LogP contribution in [0.4, 0.5) is 13.2 Å². The molecular weight excluding hydrogens is 301 g/mol. The van der Waals surface area contributed by atoms with E-state index in [-0.39, 0.29) is 6.42 Å². The Morgan fingerprint density at radius 3 is 2.35 bits per heavy atom. The normalized spacial score (nSPS) is 11.4. The third-order valence-electron chi connectivity index (χ3n) is 3.65. The van der Waals surface area contributed by atoms with Gasteiger partial charge in [0.25, 0.3) is 0 Å². The SMILES string of the molecule is N#CCc1cccc2c(-c3ccc(C(F)(F)F)cc3)nccc12. The first-order valence-corrected chi connectivity index (χ1v) is 6.92. The van der Waals surface area contributed by atoms with Crippen molar-refractivity contribution in [1.82, 2.24) is 4.98 Å². The van der Waals surface area contributed by atoms with Crippen LogP contribution in [0.5, 0.6) is 0 Å². The second-order valence-corrected chi connectivity index (χ2v) is 5.08. The maximum atomic E-state index is 12.7. The van der Waals surface area contributed by atoms with Crippen LogP contribution >= 0.6 is 0 Å². The molecule has 23 heavy (non-hydrogen) atoms. The monoisotopic (exact) mass is 312 g/mol. The molecule has 0 radical (unpaired) electrons. The Morgan fingerprint density at radius 2 is 1.70 bits per heavy atom. The maximum absolute atomic E-state index is 12.7. The van der Waals surface area contributed by atoms with E-state index in [2.05, 4.69) is 11.1 Å². The van der Waals surface area contributed by atoms with E-state index in [1.807, 2.05) is 24.3 Å². The van der Waals surface area contributed by atoms with Crippen LogP contribution in [-0.2, 0) is 12.6 Å². The van der Waals surface area contributed by atoms with Gasteiger partial charge in [-0.25, -0.2) is 0 Å². The fraction of sp³-hybridized carbons (Fsp3) is 0.111. The maximum Gasteiger partial charge on any atom is 0.416 e. The molecule has 3 rings (SSSR count). The zero-order valence-electron chi connectivity index (χ0n) is 11.9. The van der Waals surface area contributed by atoms with E-state index in [1.165, 1.54) is 12.1 Å². The molecule has 2 nitrogen and oxygen atoms in total. The number of nitrogens with zero attached hydrogens (tertiary/aromatic N) is 2. The van der Waals surface area contributed by atoms with E-state index < -0.39 is 11.7 Å². The van der Waals surface area contributed by atoms with Gasteiger partial charge in [-0.15, -0.1) is 0 Å². The summed E-state index contributed by atoms with van der Waals surface area (Å²) in [7, 11) is 0. The van der Waals surface area contributed by atoms with Crippen LogP contribution in [-0.4, -0.2) is 4.98 Å². The van der Waals surface area contributed by atoms with Crippen LogP contribution in [0.2, 0.25) is 0 Å². The highest BCUT2D eigenvalue weighted by molar-refractivity contribution is 5.96. The van der Waals surface area contributed by atoms with Crippen molar-refractivity contribution in [1.29, 1.82) is 5.26 Å². The molecule has 1 aromatic heterocycles. The standard InChI is InChI=1S/C18H11F3N2/c19-18(20,21)14-6-4-13(5-7-14)17-16-3-1-2-12(8-10-22)15(16)9-11-23-17/h1-7,9,11H,8H2. The Balaban J connectivity index is 2.14. The first kappa shape index (κ1) is 15.0. The molecule has 5 heteroatoms. The van der Waals surface area contributed by atoms with E-state index in [4.69, 9.17) is 5.26 Å². The molecule has 0 aliphatic heterocycles. The molecule has 0 saturated carbocycles. The second kappa shape index (κ2) is 5.73. The Bertz CT molecular complexity index is 891. The minimum atomic E-state index is -4.36. The van der Waals surface area contributed by atoms with Gasteiger partial charge >= 0.3 is 6.18 Å². The van der Waals surface area contributed by atoms with E-state index >= 15 is 0 Å². The Kier molecular flexibility index (Phi) is 3.75. The Labute approximate surface area is 130 Å². The van der Waals surface area contributed by atoms with Crippen LogP contribution in [0.1, 0.15) is 11.1 Å². The molecule has 0 aliphatic carbocycles. The third kappa shape index (κ3) is 2.88. The van der Waals surface area contributed by atoms with Gasteiger partial charge in [0.1, 0.15) is 0 Å². The lowest BCUT2D eigenvalue weighted by Gasteiger charge is -2.10. The van der Waals surface area contributed by atoms with Crippen LogP contribution < -0.4 is 0 Å². The summed E-state index contributed by atoms with van der Waals surface area (Å²) in [6.07, 6.45) is -2.48. The first-order valence-electron chi connectivity index (χ1n) is 6.92. The molecule has 114 valence electrons. The number of hydrogen-bond donors (Lipinski definition) is 0. The lowest BCUT2D eigenvalue weighted by Crippen LogP contribution is -2.04. The summed E-state index contributed by atoms with van der Waals surface area (Å²) in [5, 5.41) is 10.6. The van der Waals surface area contributed by atoms with Crippen molar-refractivity contribution in [3.8, 4) is 17.3 Å². The number of alkyl halides is 3. The first-order chi connectivity index (χ1) is 11.0. The lowest BCUT2D eigenvalue weighted by atomic mass is 9.98. The van der Waals surface area contributed by atoms with Crippen LogP contribution in [0.3, 0.4) is 0 Å². The van der Waals surface area contributed by atoms with Crippen molar-refractivity contribution >= 4 is 10.8 Å². The van der Waals surface area contributed by atoms with Gasteiger partial charge in [0.2, 0.25) is 0 Å². The predicted molar refractivity (Wildman–Crippen MR) is 81.5 cm³/mol. The minimum Gasteiger partial charge on any atom is -0.256 e. The zero-order valence-corrected chi connectivity index (χ0v) is 11.9. The molecule has 2 aromatic carbocycles. The molecule has 0 spiro atoms. The second-order valence-electron chi connectivity index (χ2n) is 5.08. The van der Waals surface area contributed by atoms with Crippen LogP contribution in [0.25, 0.3) is 22.0 Å². The lowest BCUT2D eigenvalue weighted by molar-refractivity contribution is -0.137. The molecule has 0 N–H and O–H groups in total. The largest absolute Gasteiger partial charge is 0.416 e. The number of fused-ring (bicyclic) bond motifs is 1. The van der Waals surface area contributed by atoms with E-state index in [0.29, 0.717) is 11.3 Å². The molecule has 0 atom stereocenters. The van der Waals surface area contributed by atoms with E-state index in [0.717, 1.165) is 28.5 Å². The summed E-state index contributed by atoms with van der Waals surface area (Å²) in [5.74, 6) is 0. The molecule has 0 saturated heterocycles. The molecule has 1 heterocycles. The van der Waals surface area contributed by atoms with Gasteiger partial charge in [-0.3, -0.25) is 4.98 Å². The highest BCUT2D eigenvalue weighted by atomic mass is 19.4. The molecule has 3 aromatic rings. The highest BCUT2D eigenvalue weighted by Gasteiger charge is 2.30. The Hall–Kier alpha value is -2.87. The number of nitriles is 1. The number of benzene rings is 2. The van der Waals surface area contributed by atoms with Gasteiger partial charge in [-0.05, 0) is 29.1 Å². The molecule has 0 unspecified atom stereocenters. The summed E-state index contributed by atoms with van der Waals surface area (Å²) >= 11 is 0. The number of halogens is 3. The highest BCUT2D eigenvalue weighted by Crippen LogP contribution is 2.33. The summed E-state index contributed by atoms with van der Waals surface area (Å²) in [4.78, 5) is 4.31. The van der Waals surface area contributed by atoms with E-state index in [9.17, 15) is 13.2 Å². The Morgan fingerprint density at radius 1 is 0.957 bits per heavy atom. The summed E-state index contributed by atoms with van der Waals surface area (Å²) in [6, 6.07) is 14.4. The average Bonchev–Trinajstić information content (AvgIpc) is 2.54. The quantitative estimate of drug-likeness (QED) is 0.668. The van der Waals surface area contributed by atoms with Gasteiger partial charge in [-0.2, -0.15) is 18.4 Å². The molecule has 0 amide bonds. The smallest absolute Gasteiger partial charge is 0.256 e. The number of aromatic nitrogens is 1. The van der Waals surface area contributed by atoms with Crippen molar-refractivity contribution < 1.29 is 13.2 Å². The molecule has 0 fully saturated rings.